The van der Waals surface area contributed by atoms with E-state index < -0.39 is 5.92 Å². The van der Waals surface area contributed by atoms with Crippen molar-refractivity contribution >= 4 is 22.6 Å². The molecule has 0 amide bonds. The second-order valence-corrected chi connectivity index (χ2v) is 3.16. The minimum absolute atomic E-state index is 0.0676. The number of rotatable bonds is 3. The molecule has 54 valence electrons. The summed E-state index contributed by atoms with van der Waals surface area (Å²) in [6.07, 6.45) is 0.407. The molecule has 0 N–H and O–H groups in total. The molecule has 0 rings (SSSR count). The number of allylic oxidation sites excluding steroid dienone is 1. The quantitative estimate of drug-likeness (QED) is 0.669. The molecule has 0 heterocycles. The van der Waals surface area contributed by atoms with Crippen molar-refractivity contribution in [3.8, 4) is 0 Å². The molecular formula is C6H9F2I. The van der Waals surface area contributed by atoms with Gasteiger partial charge in [-0.3, -0.25) is 0 Å². The van der Waals surface area contributed by atoms with Crippen LogP contribution in [-0.4, -0.2) is 5.92 Å². The van der Waals surface area contributed by atoms with Crippen LogP contribution in [0.2, 0.25) is 0 Å². The zero-order chi connectivity index (χ0) is 7.49. The van der Waals surface area contributed by atoms with Gasteiger partial charge in [-0.1, -0.05) is 19.9 Å². The van der Waals surface area contributed by atoms with E-state index in [1.807, 2.05) is 0 Å². The fourth-order valence-corrected chi connectivity index (χ4v) is 0.719. The van der Waals surface area contributed by atoms with E-state index in [4.69, 9.17) is 0 Å². The molecule has 0 aliphatic heterocycles. The Morgan fingerprint density at radius 1 is 1.67 bits per heavy atom. The lowest BCUT2D eigenvalue weighted by molar-refractivity contribution is 0.0432. The maximum atomic E-state index is 12.4. The van der Waals surface area contributed by atoms with Gasteiger partial charge in [-0.05, 0) is 22.6 Å². The molecule has 0 bridgehead atoms. The van der Waals surface area contributed by atoms with Gasteiger partial charge in [-0.25, -0.2) is 8.78 Å². The van der Waals surface area contributed by atoms with Gasteiger partial charge in [0.05, 0.1) is 3.58 Å². The molecule has 0 atom stereocenters. The van der Waals surface area contributed by atoms with Crippen molar-refractivity contribution in [1.29, 1.82) is 0 Å². The summed E-state index contributed by atoms with van der Waals surface area (Å²) in [4.78, 5) is 0. The highest BCUT2D eigenvalue weighted by Crippen LogP contribution is 2.31. The predicted octanol–water partition coefficient (Wildman–Crippen LogP) is 3.37. The molecule has 0 aliphatic carbocycles. The van der Waals surface area contributed by atoms with Gasteiger partial charge < -0.3 is 0 Å². The monoisotopic (exact) mass is 246 g/mol. The van der Waals surface area contributed by atoms with Gasteiger partial charge in [0, 0.05) is 6.42 Å². The maximum Gasteiger partial charge on any atom is 0.278 e. The van der Waals surface area contributed by atoms with Crippen molar-refractivity contribution < 1.29 is 8.78 Å². The van der Waals surface area contributed by atoms with Gasteiger partial charge in [0.15, 0.2) is 0 Å². The van der Waals surface area contributed by atoms with E-state index in [2.05, 4.69) is 6.58 Å². The highest BCUT2D eigenvalue weighted by molar-refractivity contribution is 14.1. The van der Waals surface area contributed by atoms with Gasteiger partial charge >= 0.3 is 0 Å². The summed E-state index contributed by atoms with van der Waals surface area (Å²) < 4.78 is 24.8. The average molecular weight is 246 g/mol. The van der Waals surface area contributed by atoms with Crippen LogP contribution < -0.4 is 0 Å². The average Bonchev–Trinajstić information content (AvgIpc) is 1.65. The molecule has 0 radical (unpaired) electrons. The van der Waals surface area contributed by atoms with E-state index in [-0.39, 0.29) is 10.0 Å². The number of hydrogen-bond acceptors (Lipinski definition) is 0. The van der Waals surface area contributed by atoms with Crippen LogP contribution in [-0.2, 0) is 0 Å². The smallest absolute Gasteiger partial charge is 0.201 e. The second kappa shape index (κ2) is 3.49. The van der Waals surface area contributed by atoms with Crippen LogP contribution in [0.15, 0.2) is 10.2 Å². The Balaban J connectivity index is 3.85. The Hall–Kier alpha value is 0.330. The van der Waals surface area contributed by atoms with E-state index in [1.54, 1.807) is 29.5 Å². The first-order chi connectivity index (χ1) is 4.00. The third kappa shape index (κ3) is 3.13. The third-order valence-corrected chi connectivity index (χ3v) is 1.75. The van der Waals surface area contributed by atoms with Crippen molar-refractivity contribution in [2.24, 2.45) is 0 Å². The molecule has 0 fully saturated rings. The van der Waals surface area contributed by atoms with Crippen LogP contribution in [0.3, 0.4) is 0 Å². The van der Waals surface area contributed by atoms with E-state index in [0.717, 1.165) is 0 Å². The summed E-state index contributed by atoms with van der Waals surface area (Å²) in [5.41, 5.74) is 0. The topological polar surface area (TPSA) is 0 Å². The molecule has 0 saturated carbocycles. The molecule has 0 aromatic rings. The molecule has 0 aromatic heterocycles. The van der Waals surface area contributed by atoms with Crippen LogP contribution in [0.5, 0.6) is 0 Å². The molecular weight excluding hydrogens is 237 g/mol. The van der Waals surface area contributed by atoms with Gasteiger partial charge in [-0.15, -0.1) is 0 Å². The summed E-state index contributed by atoms with van der Waals surface area (Å²) in [7, 11) is 0. The number of halogens is 3. The highest BCUT2D eigenvalue weighted by Gasteiger charge is 2.29. The summed E-state index contributed by atoms with van der Waals surface area (Å²) in [5, 5.41) is 0. The molecule has 0 spiro atoms. The predicted molar refractivity (Wildman–Crippen MR) is 43.0 cm³/mol. The van der Waals surface area contributed by atoms with Crippen molar-refractivity contribution in [2.45, 2.75) is 25.7 Å². The Labute approximate surface area is 67.5 Å². The second-order valence-electron chi connectivity index (χ2n) is 1.86. The van der Waals surface area contributed by atoms with E-state index in [9.17, 15) is 8.78 Å². The standard InChI is InChI=1S/C6H9F2I/c1-3-4-6(7,8)5(2)9/h2-4H2,1H3. The first kappa shape index (κ1) is 9.33. The number of alkyl halides is 2. The van der Waals surface area contributed by atoms with Gasteiger partial charge in [0.1, 0.15) is 0 Å². The van der Waals surface area contributed by atoms with Crippen LogP contribution >= 0.6 is 22.6 Å². The highest BCUT2D eigenvalue weighted by atomic mass is 127. The van der Waals surface area contributed by atoms with Gasteiger partial charge in [0.2, 0.25) is 0 Å². The Bertz CT molecular complexity index is 110. The van der Waals surface area contributed by atoms with Crippen molar-refractivity contribution in [2.75, 3.05) is 0 Å². The van der Waals surface area contributed by atoms with E-state index in [1.165, 1.54) is 0 Å². The zero-order valence-corrected chi connectivity index (χ0v) is 7.41. The Kier molecular flexibility index (Phi) is 3.61. The third-order valence-electron chi connectivity index (χ3n) is 0.961. The SMILES string of the molecule is C=C(I)C(F)(F)CCC. The van der Waals surface area contributed by atoms with Crippen LogP contribution in [0.1, 0.15) is 19.8 Å². The summed E-state index contributed by atoms with van der Waals surface area (Å²) in [5.74, 6) is -2.66. The van der Waals surface area contributed by atoms with E-state index in [0.29, 0.717) is 6.42 Å². The number of hydrogen-bond donors (Lipinski definition) is 0. The lowest BCUT2D eigenvalue weighted by Gasteiger charge is -2.12. The molecule has 9 heavy (non-hydrogen) atoms. The maximum absolute atomic E-state index is 12.4. The van der Waals surface area contributed by atoms with Crippen LogP contribution in [0.4, 0.5) is 8.78 Å². The van der Waals surface area contributed by atoms with Crippen molar-refractivity contribution in [1.82, 2.24) is 0 Å². The summed E-state index contributed by atoms with van der Waals surface area (Å²) in [6, 6.07) is 0. The first-order valence-electron chi connectivity index (χ1n) is 2.73. The Morgan fingerprint density at radius 3 is 2.22 bits per heavy atom. The van der Waals surface area contributed by atoms with Gasteiger partial charge in [-0.2, -0.15) is 0 Å². The van der Waals surface area contributed by atoms with Crippen molar-refractivity contribution in [3.05, 3.63) is 10.2 Å². The summed E-state index contributed by atoms with van der Waals surface area (Å²) in [6.45, 7) is 4.91. The Morgan fingerprint density at radius 2 is 2.11 bits per heavy atom. The molecule has 3 heteroatoms. The largest absolute Gasteiger partial charge is 0.278 e. The summed E-state index contributed by atoms with van der Waals surface area (Å²) >= 11 is 1.56. The first-order valence-corrected chi connectivity index (χ1v) is 3.81. The molecule has 0 aliphatic rings. The van der Waals surface area contributed by atoms with Crippen LogP contribution in [0.25, 0.3) is 0 Å². The van der Waals surface area contributed by atoms with Gasteiger partial charge in [0.25, 0.3) is 5.92 Å². The fraction of sp³-hybridized carbons (Fsp3) is 0.667. The van der Waals surface area contributed by atoms with E-state index >= 15 is 0 Å². The lowest BCUT2D eigenvalue weighted by atomic mass is 10.2. The fourth-order valence-electron chi connectivity index (χ4n) is 0.450. The molecule has 0 saturated heterocycles. The van der Waals surface area contributed by atoms with Crippen LogP contribution in [0, 0.1) is 0 Å². The van der Waals surface area contributed by atoms with Crippen molar-refractivity contribution in [3.63, 3.8) is 0 Å². The zero-order valence-electron chi connectivity index (χ0n) is 5.26. The molecule has 0 nitrogen and oxygen atoms in total. The molecule has 0 unspecified atom stereocenters. The molecule has 0 aromatic carbocycles. The lowest BCUT2D eigenvalue weighted by Crippen LogP contribution is -2.14. The minimum atomic E-state index is -2.66. The normalized spacial score (nSPS) is 11.6. The minimum Gasteiger partial charge on any atom is -0.201 e.